The van der Waals surface area contributed by atoms with Crippen molar-refractivity contribution in [3.63, 3.8) is 0 Å². The molecule has 1 fully saturated rings. The van der Waals surface area contributed by atoms with Gasteiger partial charge in [0, 0.05) is 44.4 Å². The van der Waals surface area contributed by atoms with Crippen LogP contribution in [0, 0.1) is 0 Å². The van der Waals surface area contributed by atoms with Crippen molar-refractivity contribution in [3.05, 3.63) is 46.7 Å². The monoisotopic (exact) mass is 344 g/mol. The van der Waals surface area contributed by atoms with Crippen LogP contribution >= 0.6 is 11.3 Å². The second-order valence-electron chi connectivity index (χ2n) is 6.23. The predicted octanol–water partition coefficient (Wildman–Crippen LogP) is 3.77. The second kappa shape index (κ2) is 7.81. The van der Waals surface area contributed by atoms with Gasteiger partial charge in [-0.15, -0.1) is 0 Å². The van der Waals surface area contributed by atoms with Gasteiger partial charge in [-0.1, -0.05) is 6.07 Å². The number of likely N-dealkylation sites (tertiary alicyclic amines) is 1. The number of anilines is 1. The largest absolute Gasteiger partial charge is 0.497 e. The van der Waals surface area contributed by atoms with Crippen molar-refractivity contribution in [3.8, 4) is 5.75 Å². The lowest BCUT2D eigenvalue weighted by molar-refractivity contribution is -0.117. The number of hydrogen-bond acceptors (Lipinski definition) is 4. The number of ether oxygens (including phenoxy) is 1. The Kier molecular flexibility index (Phi) is 5.53. The molecular formula is C19H24N2O2S. The van der Waals surface area contributed by atoms with Crippen LogP contribution in [0.3, 0.4) is 0 Å². The lowest BCUT2D eigenvalue weighted by atomic mass is 10.0. The fourth-order valence-electron chi connectivity index (χ4n) is 3.39. The minimum atomic E-state index is 0.0968. The van der Waals surface area contributed by atoms with E-state index in [0.717, 1.165) is 43.9 Å². The number of nitrogens with zero attached hydrogens (tertiary/aromatic N) is 2. The molecule has 0 saturated carbocycles. The third kappa shape index (κ3) is 3.97. The molecule has 1 aromatic carbocycles. The van der Waals surface area contributed by atoms with E-state index >= 15 is 0 Å². The highest BCUT2D eigenvalue weighted by Crippen LogP contribution is 2.27. The van der Waals surface area contributed by atoms with Gasteiger partial charge in [-0.2, -0.15) is 11.3 Å². The summed E-state index contributed by atoms with van der Waals surface area (Å²) in [5.74, 6) is 0.883. The van der Waals surface area contributed by atoms with E-state index in [1.165, 1.54) is 5.56 Å². The average molecular weight is 344 g/mol. The number of methoxy groups -OCH3 is 1. The molecule has 128 valence electrons. The van der Waals surface area contributed by atoms with Gasteiger partial charge in [0.05, 0.1) is 7.11 Å². The molecule has 24 heavy (non-hydrogen) atoms. The highest BCUT2D eigenvalue weighted by atomic mass is 32.1. The molecule has 1 aliphatic heterocycles. The first-order chi connectivity index (χ1) is 11.7. The average Bonchev–Trinajstić information content (AvgIpc) is 3.09. The fraction of sp³-hybridized carbons (Fsp3) is 0.421. The predicted molar refractivity (Wildman–Crippen MR) is 98.8 cm³/mol. The summed E-state index contributed by atoms with van der Waals surface area (Å²) in [6.07, 6.45) is 2.00. The van der Waals surface area contributed by atoms with Crippen LogP contribution in [0.1, 0.15) is 25.3 Å². The normalized spacial score (nSPS) is 16.1. The van der Waals surface area contributed by atoms with Crippen LogP contribution in [0.2, 0.25) is 0 Å². The number of piperidine rings is 1. The molecule has 0 spiro atoms. The molecule has 0 atom stereocenters. The molecule has 4 nitrogen and oxygen atoms in total. The molecule has 1 amide bonds. The molecule has 2 heterocycles. The Morgan fingerprint density at radius 1 is 1.33 bits per heavy atom. The lowest BCUT2D eigenvalue weighted by Crippen LogP contribution is -2.46. The van der Waals surface area contributed by atoms with Gasteiger partial charge in [-0.3, -0.25) is 9.69 Å². The molecular weight excluding hydrogens is 320 g/mol. The Labute approximate surface area is 147 Å². The number of rotatable bonds is 5. The van der Waals surface area contributed by atoms with Crippen LogP contribution in [0.15, 0.2) is 41.1 Å². The molecule has 1 saturated heterocycles. The van der Waals surface area contributed by atoms with E-state index in [1.807, 2.05) is 29.2 Å². The maximum Gasteiger partial charge on any atom is 0.224 e. The SMILES string of the molecule is COc1cccc(N(C(C)=O)C2CCN(Cc3ccsc3)CC2)c1. The summed E-state index contributed by atoms with van der Waals surface area (Å²) in [6.45, 7) is 4.70. The molecule has 2 aromatic rings. The van der Waals surface area contributed by atoms with E-state index < -0.39 is 0 Å². The highest BCUT2D eigenvalue weighted by Gasteiger charge is 2.27. The fourth-order valence-corrected chi connectivity index (χ4v) is 4.05. The Balaban J connectivity index is 1.66. The van der Waals surface area contributed by atoms with Crippen LogP contribution in [0.25, 0.3) is 0 Å². The van der Waals surface area contributed by atoms with Gasteiger partial charge in [-0.05, 0) is 47.4 Å². The van der Waals surface area contributed by atoms with E-state index in [4.69, 9.17) is 4.74 Å². The molecule has 1 aliphatic rings. The quantitative estimate of drug-likeness (QED) is 0.828. The van der Waals surface area contributed by atoms with Gasteiger partial charge < -0.3 is 9.64 Å². The lowest BCUT2D eigenvalue weighted by Gasteiger charge is -2.38. The van der Waals surface area contributed by atoms with Gasteiger partial charge >= 0.3 is 0 Å². The number of benzene rings is 1. The summed E-state index contributed by atoms with van der Waals surface area (Å²) in [5, 5.41) is 4.34. The molecule has 0 bridgehead atoms. The van der Waals surface area contributed by atoms with Gasteiger partial charge in [0.1, 0.15) is 5.75 Å². The van der Waals surface area contributed by atoms with Crippen molar-refractivity contribution in [2.24, 2.45) is 0 Å². The van der Waals surface area contributed by atoms with Crippen molar-refractivity contribution < 1.29 is 9.53 Å². The van der Waals surface area contributed by atoms with Crippen LogP contribution in [0.4, 0.5) is 5.69 Å². The molecule has 0 unspecified atom stereocenters. The van der Waals surface area contributed by atoms with E-state index in [1.54, 1.807) is 25.4 Å². The molecule has 0 aliphatic carbocycles. The molecule has 1 aromatic heterocycles. The zero-order chi connectivity index (χ0) is 16.9. The standard InChI is InChI=1S/C19H24N2O2S/c1-15(22)21(18-4-3-5-19(12-18)23-2)17-6-9-20(10-7-17)13-16-8-11-24-14-16/h3-5,8,11-12,14,17H,6-7,9-10,13H2,1-2H3. The van der Waals surface area contributed by atoms with Crippen molar-refractivity contribution in [1.82, 2.24) is 4.90 Å². The van der Waals surface area contributed by atoms with E-state index in [-0.39, 0.29) is 11.9 Å². The van der Waals surface area contributed by atoms with E-state index in [2.05, 4.69) is 21.7 Å². The minimum Gasteiger partial charge on any atom is -0.497 e. The van der Waals surface area contributed by atoms with E-state index in [9.17, 15) is 4.79 Å². The topological polar surface area (TPSA) is 32.8 Å². The van der Waals surface area contributed by atoms with Gasteiger partial charge in [0.2, 0.25) is 5.91 Å². The summed E-state index contributed by atoms with van der Waals surface area (Å²) < 4.78 is 5.30. The molecule has 5 heteroatoms. The zero-order valence-corrected chi connectivity index (χ0v) is 15.1. The third-order valence-corrected chi connectivity index (χ3v) is 5.31. The molecule has 0 radical (unpaired) electrons. The summed E-state index contributed by atoms with van der Waals surface area (Å²) >= 11 is 1.75. The summed E-state index contributed by atoms with van der Waals surface area (Å²) in [7, 11) is 1.65. The van der Waals surface area contributed by atoms with Crippen molar-refractivity contribution in [2.75, 3.05) is 25.1 Å². The third-order valence-electron chi connectivity index (χ3n) is 4.58. The first-order valence-electron chi connectivity index (χ1n) is 8.34. The Morgan fingerprint density at radius 3 is 2.75 bits per heavy atom. The Bertz CT molecular complexity index is 664. The van der Waals surface area contributed by atoms with Crippen molar-refractivity contribution in [2.45, 2.75) is 32.4 Å². The smallest absolute Gasteiger partial charge is 0.224 e. The summed E-state index contributed by atoms with van der Waals surface area (Å²) in [6, 6.07) is 10.2. The summed E-state index contributed by atoms with van der Waals surface area (Å²) in [5.41, 5.74) is 2.31. The zero-order valence-electron chi connectivity index (χ0n) is 14.3. The maximum absolute atomic E-state index is 12.3. The molecule has 3 rings (SSSR count). The van der Waals surface area contributed by atoms with Crippen molar-refractivity contribution in [1.29, 1.82) is 0 Å². The Hall–Kier alpha value is -1.85. The number of amides is 1. The molecule has 0 N–H and O–H groups in total. The summed E-state index contributed by atoms with van der Waals surface area (Å²) in [4.78, 5) is 16.7. The first-order valence-corrected chi connectivity index (χ1v) is 9.29. The van der Waals surface area contributed by atoms with Crippen LogP contribution in [-0.4, -0.2) is 37.0 Å². The van der Waals surface area contributed by atoms with Crippen LogP contribution in [0.5, 0.6) is 5.75 Å². The highest BCUT2D eigenvalue weighted by molar-refractivity contribution is 7.07. The Morgan fingerprint density at radius 2 is 2.12 bits per heavy atom. The van der Waals surface area contributed by atoms with Crippen LogP contribution < -0.4 is 9.64 Å². The van der Waals surface area contributed by atoms with Crippen molar-refractivity contribution >= 4 is 22.9 Å². The van der Waals surface area contributed by atoms with Crippen LogP contribution in [-0.2, 0) is 11.3 Å². The van der Waals surface area contributed by atoms with Gasteiger partial charge in [0.25, 0.3) is 0 Å². The number of hydrogen-bond donors (Lipinski definition) is 0. The number of carbonyl (C=O) groups excluding carboxylic acids is 1. The van der Waals surface area contributed by atoms with Gasteiger partial charge in [0.15, 0.2) is 0 Å². The van der Waals surface area contributed by atoms with Gasteiger partial charge in [-0.25, -0.2) is 0 Å². The first kappa shape index (κ1) is 17.0. The minimum absolute atomic E-state index is 0.0968. The maximum atomic E-state index is 12.3. The van der Waals surface area contributed by atoms with E-state index in [0.29, 0.717) is 0 Å². The number of carbonyl (C=O) groups is 1. The second-order valence-corrected chi connectivity index (χ2v) is 7.01. The number of thiophene rings is 1.